The van der Waals surface area contributed by atoms with Gasteiger partial charge in [-0.15, -0.1) is 0 Å². The molecule has 1 heterocycles. The number of rotatable bonds is 5. The van der Waals surface area contributed by atoms with Crippen LogP contribution in [0, 0.1) is 20.8 Å². The lowest BCUT2D eigenvalue weighted by Crippen LogP contribution is -2.35. The van der Waals surface area contributed by atoms with Gasteiger partial charge in [-0.1, -0.05) is 29.8 Å². The molecule has 0 saturated carbocycles. The number of carbonyl (C=O) groups is 1. The van der Waals surface area contributed by atoms with Crippen LogP contribution in [0.1, 0.15) is 32.6 Å². The third-order valence-corrected chi connectivity index (χ3v) is 4.80. The van der Waals surface area contributed by atoms with E-state index in [1.54, 1.807) is 6.07 Å². The minimum Gasteiger partial charge on any atom is -0.395 e. The number of fused-ring (bicyclic) bond motifs is 1. The number of hydrogen-bond donors (Lipinski definition) is 2. The highest BCUT2D eigenvalue weighted by molar-refractivity contribution is 5.94. The maximum atomic E-state index is 12.9. The minimum absolute atomic E-state index is 0.145. The molecule has 5 nitrogen and oxygen atoms in total. The number of aromatic nitrogens is 1. The zero-order valence-electron chi connectivity index (χ0n) is 15.9. The van der Waals surface area contributed by atoms with E-state index in [9.17, 15) is 14.7 Å². The highest BCUT2D eigenvalue weighted by Crippen LogP contribution is 2.20. The second-order valence-corrected chi connectivity index (χ2v) is 6.93. The molecule has 2 aromatic carbocycles. The molecule has 0 fully saturated rings. The molecule has 0 aliphatic rings. The van der Waals surface area contributed by atoms with Gasteiger partial charge in [0.25, 0.3) is 11.5 Å². The molecule has 1 amide bonds. The van der Waals surface area contributed by atoms with Crippen molar-refractivity contribution in [3.63, 3.8) is 0 Å². The predicted molar refractivity (Wildman–Crippen MR) is 107 cm³/mol. The molecule has 140 valence electrons. The predicted octanol–water partition coefficient (Wildman–Crippen LogP) is 3.09. The van der Waals surface area contributed by atoms with Gasteiger partial charge < -0.3 is 15.0 Å². The Balaban J connectivity index is 1.99. The fourth-order valence-electron chi connectivity index (χ4n) is 3.28. The molecular formula is C22H24N2O3. The van der Waals surface area contributed by atoms with Crippen molar-refractivity contribution in [3.8, 4) is 0 Å². The fraction of sp³-hybridized carbons (Fsp3) is 0.273. The maximum absolute atomic E-state index is 12.9. The zero-order chi connectivity index (χ0) is 19.6. The summed E-state index contributed by atoms with van der Waals surface area (Å²) in [6.45, 7) is 6.01. The molecule has 2 N–H and O–H groups in total. The lowest BCUT2D eigenvalue weighted by atomic mass is 10.0. The van der Waals surface area contributed by atoms with Gasteiger partial charge in [-0.25, -0.2) is 0 Å². The number of aliphatic hydroxyl groups is 1. The molecule has 0 atom stereocenters. The van der Waals surface area contributed by atoms with E-state index in [1.807, 2.05) is 57.2 Å². The highest BCUT2D eigenvalue weighted by Gasteiger charge is 2.18. The smallest absolute Gasteiger partial charge is 0.254 e. The van der Waals surface area contributed by atoms with Crippen LogP contribution in [0.3, 0.4) is 0 Å². The topological polar surface area (TPSA) is 73.4 Å². The molecule has 0 bridgehead atoms. The summed E-state index contributed by atoms with van der Waals surface area (Å²) in [6, 6.07) is 13.2. The summed E-state index contributed by atoms with van der Waals surface area (Å²) in [7, 11) is 0. The Morgan fingerprint density at radius 1 is 1.07 bits per heavy atom. The number of H-pyrrole nitrogens is 1. The van der Waals surface area contributed by atoms with Crippen molar-refractivity contribution < 1.29 is 9.90 Å². The quantitative estimate of drug-likeness (QED) is 0.731. The molecular weight excluding hydrogens is 340 g/mol. The van der Waals surface area contributed by atoms with E-state index in [0.717, 1.165) is 27.6 Å². The molecule has 0 saturated heterocycles. The van der Waals surface area contributed by atoms with E-state index >= 15 is 0 Å². The van der Waals surface area contributed by atoms with Crippen molar-refractivity contribution in [2.24, 2.45) is 0 Å². The van der Waals surface area contributed by atoms with Crippen LogP contribution in [-0.4, -0.2) is 34.0 Å². The number of carbonyl (C=O) groups excluding carboxylic acids is 1. The molecule has 0 spiro atoms. The van der Waals surface area contributed by atoms with Crippen LogP contribution >= 0.6 is 0 Å². The maximum Gasteiger partial charge on any atom is 0.254 e. The number of amides is 1. The molecule has 3 rings (SSSR count). The number of nitrogens with one attached hydrogen (secondary N) is 1. The lowest BCUT2D eigenvalue weighted by Gasteiger charge is -2.22. The van der Waals surface area contributed by atoms with Crippen LogP contribution in [-0.2, 0) is 6.54 Å². The average molecular weight is 364 g/mol. The Morgan fingerprint density at radius 3 is 2.52 bits per heavy atom. The van der Waals surface area contributed by atoms with Crippen molar-refractivity contribution in [1.82, 2.24) is 9.88 Å². The molecule has 0 aliphatic carbocycles. The molecule has 0 radical (unpaired) electrons. The molecule has 1 aromatic heterocycles. The summed E-state index contributed by atoms with van der Waals surface area (Å²) in [5, 5.41) is 10.4. The Morgan fingerprint density at radius 2 is 1.81 bits per heavy atom. The second-order valence-electron chi connectivity index (χ2n) is 6.93. The summed E-state index contributed by atoms with van der Waals surface area (Å²) in [5.74, 6) is -0.201. The van der Waals surface area contributed by atoms with Crippen molar-refractivity contribution in [1.29, 1.82) is 0 Å². The number of benzene rings is 2. The van der Waals surface area contributed by atoms with Gasteiger partial charge in [0.15, 0.2) is 0 Å². The van der Waals surface area contributed by atoms with Crippen LogP contribution in [0.25, 0.3) is 10.9 Å². The Bertz CT molecular complexity index is 1050. The third kappa shape index (κ3) is 3.93. The number of pyridine rings is 1. The van der Waals surface area contributed by atoms with E-state index < -0.39 is 0 Å². The Labute approximate surface area is 158 Å². The van der Waals surface area contributed by atoms with E-state index in [1.165, 1.54) is 4.90 Å². The van der Waals surface area contributed by atoms with Gasteiger partial charge in [-0.05, 0) is 50.1 Å². The second kappa shape index (κ2) is 7.76. The lowest BCUT2D eigenvalue weighted by molar-refractivity contribution is 0.0707. The van der Waals surface area contributed by atoms with Crippen LogP contribution in [0.15, 0.2) is 47.3 Å². The first-order valence-corrected chi connectivity index (χ1v) is 8.99. The number of aromatic amines is 1. The van der Waals surface area contributed by atoms with Gasteiger partial charge in [0.2, 0.25) is 0 Å². The summed E-state index contributed by atoms with van der Waals surface area (Å²) in [4.78, 5) is 29.9. The van der Waals surface area contributed by atoms with Gasteiger partial charge in [0.05, 0.1) is 18.7 Å². The largest absolute Gasteiger partial charge is 0.395 e. The van der Waals surface area contributed by atoms with Crippen LogP contribution < -0.4 is 5.56 Å². The van der Waals surface area contributed by atoms with E-state index in [-0.39, 0.29) is 31.2 Å². The average Bonchev–Trinajstić information content (AvgIpc) is 2.65. The number of aliphatic hydroxyl groups excluding tert-OH is 1. The fourth-order valence-corrected chi connectivity index (χ4v) is 3.28. The first kappa shape index (κ1) is 18.9. The van der Waals surface area contributed by atoms with Crippen LogP contribution in [0.5, 0.6) is 0 Å². The van der Waals surface area contributed by atoms with Gasteiger partial charge in [-0.2, -0.15) is 0 Å². The molecule has 3 aromatic rings. The summed E-state index contributed by atoms with van der Waals surface area (Å²) in [5.41, 5.74) is 4.71. The molecule has 27 heavy (non-hydrogen) atoms. The van der Waals surface area contributed by atoms with E-state index in [0.29, 0.717) is 11.1 Å². The summed E-state index contributed by atoms with van der Waals surface area (Å²) >= 11 is 0. The molecule has 0 unspecified atom stereocenters. The number of nitrogens with zero attached hydrogens (tertiary/aromatic N) is 1. The van der Waals surface area contributed by atoms with Crippen molar-refractivity contribution in [2.45, 2.75) is 27.3 Å². The third-order valence-electron chi connectivity index (χ3n) is 4.80. The molecule has 5 heteroatoms. The zero-order valence-corrected chi connectivity index (χ0v) is 15.9. The molecule has 0 aliphatic heterocycles. The summed E-state index contributed by atoms with van der Waals surface area (Å²) < 4.78 is 0. The monoisotopic (exact) mass is 364 g/mol. The van der Waals surface area contributed by atoms with Gasteiger partial charge in [0.1, 0.15) is 0 Å². The van der Waals surface area contributed by atoms with Crippen LogP contribution in [0.4, 0.5) is 0 Å². The number of aryl methyl sites for hydroxylation is 3. The first-order chi connectivity index (χ1) is 12.9. The van der Waals surface area contributed by atoms with Crippen molar-refractivity contribution in [2.75, 3.05) is 13.2 Å². The standard InChI is InChI=1S/C22H24N2O3/c1-14-5-4-6-17(11-14)22(27)24(9-10-25)13-18-12-19-15(2)7-8-16(3)20(19)23-21(18)26/h4-8,11-12,25H,9-10,13H2,1-3H3,(H,23,26). The van der Waals surface area contributed by atoms with E-state index in [4.69, 9.17) is 0 Å². The van der Waals surface area contributed by atoms with Gasteiger partial charge in [-0.3, -0.25) is 9.59 Å². The highest BCUT2D eigenvalue weighted by atomic mass is 16.3. The minimum atomic E-state index is -0.212. The van der Waals surface area contributed by atoms with Crippen LogP contribution in [0.2, 0.25) is 0 Å². The summed E-state index contributed by atoms with van der Waals surface area (Å²) in [6.07, 6.45) is 0. The van der Waals surface area contributed by atoms with Crippen molar-refractivity contribution >= 4 is 16.8 Å². The number of hydrogen-bond acceptors (Lipinski definition) is 3. The van der Waals surface area contributed by atoms with Gasteiger partial charge >= 0.3 is 0 Å². The van der Waals surface area contributed by atoms with E-state index in [2.05, 4.69) is 4.98 Å². The van der Waals surface area contributed by atoms with Gasteiger partial charge in [0, 0.05) is 23.1 Å². The first-order valence-electron chi connectivity index (χ1n) is 8.99. The normalized spacial score (nSPS) is 11.0. The SMILES string of the molecule is Cc1cccc(C(=O)N(CCO)Cc2cc3c(C)ccc(C)c3[nH]c2=O)c1. The Hall–Kier alpha value is -2.92. The Kier molecular flexibility index (Phi) is 5.42. The van der Waals surface area contributed by atoms with Crippen molar-refractivity contribution in [3.05, 3.63) is 80.6 Å².